The molecule has 2 aliphatic rings. The van der Waals surface area contributed by atoms with Crippen LogP contribution >= 0.6 is 15.9 Å². The van der Waals surface area contributed by atoms with Crippen LogP contribution in [0.2, 0.25) is 0 Å². The Kier molecular flexibility index (Phi) is 5.95. The molecule has 3 amide bonds. The minimum Gasteiger partial charge on any atom is -0.478 e. The zero-order valence-corrected chi connectivity index (χ0v) is 18.1. The maximum Gasteiger partial charge on any atom is 0.328 e. The van der Waals surface area contributed by atoms with Crippen LogP contribution in [-0.4, -0.2) is 46.5 Å². The van der Waals surface area contributed by atoms with Crippen LogP contribution in [0.15, 0.2) is 59.1 Å². The van der Waals surface area contributed by atoms with Gasteiger partial charge < -0.3 is 19.5 Å². The number of carboxylic acid groups (broad SMARTS) is 1. The van der Waals surface area contributed by atoms with Gasteiger partial charge in [-0.1, -0.05) is 22.0 Å². The molecule has 1 fully saturated rings. The largest absolute Gasteiger partial charge is 0.478 e. The number of halogens is 1. The molecule has 2 aromatic carbocycles. The molecular weight excluding hydrogens is 484 g/mol. The average Bonchev–Trinajstić information content (AvgIpc) is 3.34. The topological polar surface area (TPSA) is 113 Å². The second-order valence-electron chi connectivity index (χ2n) is 7.09. The van der Waals surface area contributed by atoms with E-state index >= 15 is 0 Å². The number of hydrogen-bond donors (Lipinski definition) is 1. The van der Waals surface area contributed by atoms with Crippen LogP contribution in [0.1, 0.15) is 12.0 Å². The molecule has 10 heteroatoms. The van der Waals surface area contributed by atoms with Crippen molar-refractivity contribution in [3.63, 3.8) is 0 Å². The number of carbonyl (C=O) groups excluding carboxylic acids is 3. The number of imide groups is 1. The Morgan fingerprint density at radius 1 is 1.09 bits per heavy atom. The van der Waals surface area contributed by atoms with Crippen LogP contribution in [0.3, 0.4) is 0 Å². The average molecular weight is 501 g/mol. The van der Waals surface area contributed by atoms with Crippen molar-refractivity contribution in [2.45, 2.75) is 19.0 Å². The first-order valence-electron chi connectivity index (χ1n) is 9.56. The monoisotopic (exact) mass is 500 g/mol. The zero-order chi connectivity index (χ0) is 22.8. The summed E-state index contributed by atoms with van der Waals surface area (Å²) < 4.78 is 11.4. The van der Waals surface area contributed by atoms with Gasteiger partial charge >= 0.3 is 5.97 Å². The number of fused-ring (bicyclic) bond motifs is 1. The summed E-state index contributed by atoms with van der Waals surface area (Å²) in [5.41, 5.74) is 1.02. The number of benzene rings is 2. The fourth-order valence-corrected chi connectivity index (χ4v) is 3.80. The van der Waals surface area contributed by atoms with E-state index in [4.69, 9.17) is 14.6 Å². The number of rotatable bonds is 6. The molecule has 0 spiro atoms. The first kappa shape index (κ1) is 21.6. The van der Waals surface area contributed by atoms with E-state index in [1.807, 2.05) is 0 Å². The molecule has 1 atom stereocenters. The molecule has 1 N–H and O–H groups in total. The Morgan fingerprint density at radius 2 is 1.81 bits per heavy atom. The van der Waals surface area contributed by atoms with Crippen LogP contribution in [0.5, 0.6) is 11.5 Å². The van der Waals surface area contributed by atoms with Crippen molar-refractivity contribution >= 4 is 45.3 Å². The first-order chi connectivity index (χ1) is 15.3. The van der Waals surface area contributed by atoms with Gasteiger partial charge in [0, 0.05) is 23.2 Å². The van der Waals surface area contributed by atoms with Gasteiger partial charge in [0.1, 0.15) is 6.04 Å². The SMILES string of the molecule is O=C(O)C=CC(=O)N(Cc1ccc2c(c1)OCO2)C1CC(=O)N(c2ccc(Br)cc2)C1=O. The number of carbonyl (C=O) groups is 4. The lowest BCUT2D eigenvalue weighted by Crippen LogP contribution is -2.44. The van der Waals surface area contributed by atoms with E-state index in [1.165, 1.54) is 4.90 Å². The van der Waals surface area contributed by atoms with Gasteiger partial charge in [-0.05, 0) is 42.0 Å². The van der Waals surface area contributed by atoms with Gasteiger partial charge in [-0.3, -0.25) is 14.4 Å². The molecule has 2 aliphatic heterocycles. The maximum atomic E-state index is 13.2. The number of aliphatic carboxylic acids is 1. The lowest BCUT2D eigenvalue weighted by molar-refractivity contribution is -0.135. The molecule has 32 heavy (non-hydrogen) atoms. The molecule has 2 heterocycles. The summed E-state index contributed by atoms with van der Waals surface area (Å²) in [5, 5.41) is 8.89. The number of nitrogens with zero attached hydrogens (tertiary/aromatic N) is 2. The molecule has 1 saturated heterocycles. The molecule has 1 unspecified atom stereocenters. The number of anilines is 1. The molecule has 4 rings (SSSR count). The van der Waals surface area contributed by atoms with Crippen molar-refractivity contribution < 1.29 is 33.8 Å². The molecule has 2 aromatic rings. The number of amides is 3. The minimum absolute atomic E-state index is 0.0305. The Bertz CT molecular complexity index is 1130. The predicted molar refractivity (Wildman–Crippen MR) is 115 cm³/mol. The van der Waals surface area contributed by atoms with Crippen LogP contribution in [-0.2, 0) is 25.7 Å². The highest BCUT2D eigenvalue weighted by molar-refractivity contribution is 9.10. The molecular formula is C22H17BrN2O7. The first-order valence-corrected chi connectivity index (χ1v) is 10.4. The van der Waals surface area contributed by atoms with Crippen LogP contribution in [0, 0.1) is 0 Å². The van der Waals surface area contributed by atoms with Gasteiger partial charge in [-0.2, -0.15) is 0 Å². The third kappa shape index (κ3) is 4.35. The predicted octanol–water partition coefficient (Wildman–Crippen LogP) is 2.48. The molecule has 164 valence electrons. The highest BCUT2D eigenvalue weighted by Gasteiger charge is 2.44. The summed E-state index contributed by atoms with van der Waals surface area (Å²) in [4.78, 5) is 51.8. The minimum atomic E-state index is -1.30. The fraction of sp³-hybridized carbons (Fsp3) is 0.182. The molecule has 0 bridgehead atoms. The van der Waals surface area contributed by atoms with Crippen molar-refractivity contribution in [2.24, 2.45) is 0 Å². The Labute approximate surface area is 190 Å². The summed E-state index contributed by atoms with van der Waals surface area (Å²) in [6, 6.07) is 10.6. The van der Waals surface area contributed by atoms with Crippen molar-refractivity contribution in [2.75, 3.05) is 11.7 Å². The molecule has 0 radical (unpaired) electrons. The lowest BCUT2D eigenvalue weighted by Gasteiger charge is -2.26. The van der Waals surface area contributed by atoms with Gasteiger partial charge in [-0.25, -0.2) is 9.69 Å². The van der Waals surface area contributed by atoms with Crippen molar-refractivity contribution in [1.29, 1.82) is 0 Å². The Hall–Kier alpha value is -3.66. The van der Waals surface area contributed by atoms with Crippen LogP contribution < -0.4 is 14.4 Å². The third-order valence-corrected chi connectivity index (χ3v) is 5.55. The van der Waals surface area contributed by atoms with Crippen LogP contribution in [0.4, 0.5) is 5.69 Å². The van der Waals surface area contributed by atoms with E-state index in [0.717, 1.165) is 15.4 Å². The van der Waals surface area contributed by atoms with Gasteiger partial charge in [-0.15, -0.1) is 0 Å². The summed E-state index contributed by atoms with van der Waals surface area (Å²) in [7, 11) is 0. The summed E-state index contributed by atoms with van der Waals surface area (Å²) in [5.74, 6) is -1.95. The van der Waals surface area contributed by atoms with Crippen molar-refractivity contribution in [3.8, 4) is 11.5 Å². The molecule has 0 aliphatic carbocycles. The second-order valence-corrected chi connectivity index (χ2v) is 8.00. The van der Waals surface area contributed by atoms with Gasteiger partial charge in [0.2, 0.25) is 18.6 Å². The van der Waals surface area contributed by atoms with Crippen LogP contribution in [0.25, 0.3) is 0 Å². The van der Waals surface area contributed by atoms with E-state index in [2.05, 4.69) is 15.9 Å². The van der Waals surface area contributed by atoms with Gasteiger partial charge in [0.25, 0.3) is 5.91 Å². The quantitative estimate of drug-likeness (QED) is 0.478. The summed E-state index contributed by atoms with van der Waals surface area (Å²) in [6.07, 6.45) is 1.35. The summed E-state index contributed by atoms with van der Waals surface area (Å²) in [6.45, 7) is 0.0534. The fourth-order valence-electron chi connectivity index (χ4n) is 3.54. The third-order valence-electron chi connectivity index (χ3n) is 5.03. The number of ether oxygens (including phenoxy) is 2. The standard InChI is InChI=1S/C22H17BrN2O7/c23-14-2-4-15(5-3-14)25-20(27)10-16(22(25)30)24(19(26)7-8-21(28)29)11-13-1-6-17-18(9-13)32-12-31-17/h1-9,16H,10-12H2,(H,28,29). The number of carboxylic acids is 1. The van der Waals surface area contributed by atoms with E-state index < -0.39 is 29.7 Å². The van der Waals surface area contributed by atoms with Crippen molar-refractivity contribution in [1.82, 2.24) is 4.90 Å². The van der Waals surface area contributed by atoms with Gasteiger partial charge in [0.05, 0.1) is 12.1 Å². The normalized spacial score (nSPS) is 17.3. The van der Waals surface area contributed by atoms with E-state index in [9.17, 15) is 19.2 Å². The molecule has 0 saturated carbocycles. The highest BCUT2D eigenvalue weighted by Crippen LogP contribution is 2.34. The molecule has 0 aromatic heterocycles. The lowest BCUT2D eigenvalue weighted by atomic mass is 10.1. The zero-order valence-electron chi connectivity index (χ0n) is 16.6. The highest BCUT2D eigenvalue weighted by atomic mass is 79.9. The molecule has 9 nitrogen and oxygen atoms in total. The van der Waals surface area contributed by atoms with Gasteiger partial charge in [0.15, 0.2) is 11.5 Å². The number of hydrogen-bond acceptors (Lipinski definition) is 6. The Balaban J connectivity index is 1.64. The summed E-state index contributed by atoms with van der Waals surface area (Å²) >= 11 is 3.31. The smallest absolute Gasteiger partial charge is 0.328 e. The van der Waals surface area contributed by atoms with E-state index in [0.29, 0.717) is 28.8 Å². The second kappa shape index (κ2) is 8.83. The maximum absolute atomic E-state index is 13.2. The van der Waals surface area contributed by atoms with E-state index in [-0.39, 0.29) is 19.8 Å². The Morgan fingerprint density at radius 3 is 2.53 bits per heavy atom. The van der Waals surface area contributed by atoms with E-state index in [1.54, 1.807) is 42.5 Å². The van der Waals surface area contributed by atoms with Crippen molar-refractivity contribution in [3.05, 3.63) is 64.7 Å².